The highest BCUT2D eigenvalue weighted by Gasteiger charge is 2.31. The number of nitrogens with zero attached hydrogens (tertiary/aromatic N) is 1. The van der Waals surface area contributed by atoms with Crippen molar-refractivity contribution < 1.29 is 19.1 Å². The molecule has 6 nitrogen and oxygen atoms in total. The van der Waals surface area contributed by atoms with Gasteiger partial charge in [0.1, 0.15) is 4.32 Å². The minimum absolute atomic E-state index is 0.164. The van der Waals surface area contributed by atoms with E-state index < -0.39 is 0 Å². The first kappa shape index (κ1) is 21.4. The number of ether oxygens (including phenoxy) is 2. The van der Waals surface area contributed by atoms with Crippen molar-refractivity contribution in [3.63, 3.8) is 0 Å². The summed E-state index contributed by atoms with van der Waals surface area (Å²) in [5.41, 5.74) is 2.61. The van der Waals surface area contributed by atoms with Gasteiger partial charge in [-0.25, -0.2) is 0 Å². The van der Waals surface area contributed by atoms with E-state index in [2.05, 4.69) is 19.2 Å². The number of rotatable bonds is 6. The van der Waals surface area contributed by atoms with E-state index in [1.807, 2.05) is 42.5 Å². The molecule has 4 rings (SSSR count). The lowest BCUT2D eigenvalue weighted by Gasteiger charge is -2.15. The van der Waals surface area contributed by atoms with Gasteiger partial charge in [0.25, 0.3) is 11.8 Å². The molecule has 0 saturated carbocycles. The minimum Gasteiger partial charge on any atom is -0.454 e. The first-order valence-electron chi connectivity index (χ1n) is 9.95. The molecule has 0 unspecified atom stereocenters. The predicted molar refractivity (Wildman–Crippen MR) is 125 cm³/mol. The third kappa shape index (κ3) is 4.75. The summed E-state index contributed by atoms with van der Waals surface area (Å²) >= 11 is 6.62. The molecule has 1 saturated heterocycles. The van der Waals surface area contributed by atoms with E-state index in [-0.39, 0.29) is 18.6 Å². The Balaban J connectivity index is 1.34. The standard InChI is InChI=1S/C23H22N2O4S2/c1-14(2)16-4-6-17(7-5-16)21(26)24-9-10-25-22(27)20(31-23(25)30)12-15-3-8-18-19(11-15)29-13-28-18/h3-8,11-12,14H,9-10,13H2,1-2H3,(H,24,26)/b20-12+. The van der Waals surface area contributed by atoms with Gasteiger partial charge in [0.2, 0.25) is 6.79 Å². The highest BCUT2D eigenvalue weighted by atomic mass is 32.2. The van der Waals surface area contributed by atoms with Crippen molar-refractivity contribution in [3.05, 3.63) is 64.1 Å². The third-order valence-electron chi connectivity index (χ3n) is 5.03. The molecule has 2 aromatic carbocycles. The van der Waals surface area contributed by atoms with Crippen molar-refractivity contribution in [1.82, 2.24) is 10.2 Å². The second kappa shape index (κ2) is 9.11. The summed E-state index contributed by atoms with van der Waals surface area (Å²) in [6, 6.07) is 13.1. The molecule has 1 N–H and O–H groups in total. The topological polar surface area (TPSA) is 67.9 Å². The number of carbonyl (C=O) groups excluding carboxylic acids is 2. The first-order valence-corrected chi connectivity index (χ1v) is 11.2. The van der Waals surface area contributed by atoms with Gasteiger partial charge in [-0.15, -0.1) is 0 Å². The summed E-state index contributed by atoms with van der Waals surface area (Å²) in [4.78, 5) is 27.2. The Morgan fingerprint density at radius 2 is 1.94 bits per heavy atom. The largest absolute Gasteiger partial charge is 0.454 e. The number of benzene rings is 2. The molecule has 2 aliphatic rings. The molecule has 31 heavy (non-hydrogen) atoms. The van der Waals surface area contributed by atoms with Crippen LogP contribution in [0.2, 0.25) is 0 Å². The zero-order valence-electron chi connectivity index (χ0n) is 17.2. The van der Waals surface area contributed by atoms with Crippen LogP contribution in [-0.2, 0) is 4.79 Å². The van der Waals surface area contributed by atoms with Crippen molar-refractivity contribution in [2.45, 2.75) is 19.8 Å². The maximum atomic E-state index is 12.8. The van der Waals surface area contributed by atoms with E-state index >= 15 is 0 Å². The number of nitrogens with one attached hydrogen (secondary N) is 1. The SMILES string of the molecule is CC(C)c1ccc(C(=O)NCCN2C(=O)/C(=C\c3ccc4c(c3)OCO4)SC2=S)cc1. The molecule has 2 aromatic rings. The summed E-state index contributed by atoms with van der Waals surface area (Å²) in [7, 11) is 0. The number of carbonyl (C=O) groups is 2. The van der Waals surface area contributed by atoms with E-state index in [0.29, 0.717) is 45.3 Å². The van der Waals surface area contributed by atoms with Crippen LogP contribution < -0.4 is 14.8 Å². The summed E-state index contributed by atoms with van der Waals surface area (Å²) < 4.78 is 11.2. The van der Waals surface area contributed by atoms with Crippen LogP contribution in [0.4, 0.5) is 0 Å². The van der Waals surface area contributed by atoms with Crippen molar-refractivity contribution >= 4 is 46.2 Å². The molecule has 0 atom stereocenters. The van der Waals surface area contributed by atoms with Crippen molar-refractivity contribution in [1.29, 1.82) is 0 Å². The van der Waals surface area contributed by atoms with Crippen LogP contribution >= 0.6 is 24.0 Å². The average molecular weight is 455 g/mol. The molecule has 160 valence electrons. The van der Waals surface area contributed by atoms with Crippen molar-refractivity contribution in [3.8, 4) is 11.5 Å². The zero-order chi connectivity index (χ0) is 22.0. The molecule has 2 amide bonds. The van der Waals surface area contributed by atoms with Crippen LogP contribution in [0.3, 0.4) is 0 Å². The van der Waals surface area contributed by atoms with Gasteiger partial charge in [-0.05, 0) is 47.4 Å². The Morgan fingerprint density at radius 3 is 2.68 bits per heavy atom. The summed E-state index contributed by atoms with van der Waals surface area (Å²) in [5, 5.41) is 2.86. The smallest absolute Gasteiger partial charge is 0.266 e. The number of thioether (sulfide) groups is 1. The Bertz CT molecular complexity index is 1060. The fraction of sp³-hybridized carbons (Fsp3) is 0.261. The highest BCUT2D eigenvalue weighted by Crippen LogP contribution is 2.36. The van der Waals surface area contributed by atoms with Crippen LogP contribution in [0.15, 0.2) is 47.4 Å². The summed E-state index contributed by atoms with van der Waals surface area (Å²) in [6.07, 6.45) is 1.79. The predicted octanol–water partition coefficient (Wildman–Crippen LogP) is 4.17. The lowest BCUT2D eigenvalue weighted by molar-refractivity contribution is -0.122. The quantitative estimate of drug-likeness (QED) is 0.522. The van der Waals surface area contributed by atoms with Gasteiger partial charge in [0.05, 0.1) is 4.91 Å². The van der Waals surface area contributed by atoms with E-state index in [9.17, 15) is 9.59 Å². The summed E-state index contributed by atoms with van der Waals surface area (Å²) in [6.45, 7) is 5.05. The fourth-order valence-electron chi connectivity index (χ4n) is 3.25. The average Bonchev–Trinajstić information content (AvgIpc) is 3.33. The van der Waals surface area contributed by atoms with Gasteiger partial charge in [-0.2, -0.15) is 0 Å². The highest BCUT2D eigenvalue weighted by molar-refractivity contribution is 8.26. The Labute approximate surface area is 190 Å². The molecule has 0 aliphatic carbocycles. The molecular weight excluding hydrogens is 432 g/mol. The van der Waals surface area contributed by atoms with Crippen molar-refractivity contribution in [2.75, 3.05) is 19.9 Å². The summed E-state index contributed by atoms with van der Waals surface area (Å²) in [5.74, 6) is 1.43. The fourth-order valence-corrected chi connectivity index (χ4v) is 4.56. The van der Waals surface area contributed by atoms with Crippen molar-refractivity contribution in [2.24, 2.45) is 0 Å². The number of hydrogen-bond acceptors (Lipinski definition) is 6. The Hall–Kier alpha value is -2.84. The van der Waals surface area contributed by atoms with E-state index in [1.165, 1.54) is 22.2 Å². The van der Waals surface area contributed by atoms with Crippen LogP contribution in [0.25, 0.3) is 6.08 Å². The Kier molecular flexibility index (Phi) is 6.29. The monoisotopic (exact) mass is 454 g/mol. The molecule has 2 heterocycles. The van der Waals surface area contributed by atoms with Gasteiger partial charge in [-0.3, -0.25) is 14.5 Å². The van der Waals surface area contributed by atoms with Crippen LogP contribution in [-0.4, -0.2) is 40.9 Å². The number of fused-ring (bicyclic) bond motifs is 1. The van der Waals surface area contributed by atoms with Gasteiger partial charge in [0, 0.05) is 18.7 Å². The Morgan fingerprint density at radius 1 is 1.19 bits per heavy atom. The molecule has 2 aliphatic heterocycles. The van der Waals surface area contributed by atoms with Gasteiger partial charge in [-0.1, -0.05) is 56.0 Å². The van der Waals surface area contributed by atoms with E-state index in [0.717, 1.165) is 5.56 Å². The van der Waals surface area contributed by atoms with Gasteiger partial charge >= 0.3 is 0 Å². The molecule has 0 radical (unpaired) electrons. The zero-order valence-corrected chi connectivity index (χ0v) is 18.8. The number of amides is 2. The minimum atomic E-state index is -0.170. The lowest BCUT2D eigenvalue weighted by Crippen LogP contribution is -2.37. The van der Waals surface area contributed by atoms with Crippen LogP contribution in [0, 0.1) is 0 Å². The third-order valence-corrected chi connectivity index (χ3v) is 6.41. The second-order valence-corrected chi connectivity index (χ2v) is 9.15. The second-order valence-electron chi connectivity index (χ2n) is 7.48. The molecule has 0 aromatic heterocycles. The van der Waals surface area contributed by atoms with Crippen LogP contribution in [0.1, 0.15) is 41.3 Å². The maximum absolute atomic E-state index is 12.8. The van der Waals surface area contributed by atoms with E-state index in [1.54, 1.807) is 6.08 Å². The van der Waals surface area contributed by atoms with Gasteiger partial charge < -0.3 is 14.8 Å². The van der Waals surface area contributed by atoms with E-state index in [4.69, 9.17) is 21.7 Å². The normalized spacial score (nSPS) is 16.5. The molecule has 1 fully saturated rings. The number of thiocarbonyl (C=S) groups is 1. The van der Waals surface area contributed by atoms with Crippen LogP contribution in [0.5, 0.6) is 11.5 Å². The van der Waals surface area contributed by atoms with Gasteiger partial charge in [0.15, 0.2) is 11.5 Å². The number of hydrogen-bond donors (Lipinski definition) is 1. The first-order chi connectivity index (χ1) is 14.9. The molecule has 8 heteroatoms. The molecular formula is C23H22N2O4S2. The maximum Gasteiger partial charge on any atom is 0.266 e. The molecule has 0 spiro atoms. The molecule has 0 bridgehead atoms. The lowest BCUT2D eigenvalue weighted by atomic mass is 10.0.